The second-order valence-corrected chi connectivity index (χ2v) is 7.73. The molecule has 1 aromatic carbocycles. The van der Waals surface area contributed by atoms with E-state index in [1.807, 2.05) is 0 Å². The van der Waals surface area contributed by atoms with Gasteiger partial charge in [0.2, 0.25) is 0 Å². The smallest absolute Gasteiger partial charge is 0.264 e. The van der Waals surface area contributed by atoms with Gasteiger partial charge in [0.1, 0.15) is 10.7 Å². The van der Waals surface area contributed by atoms with Crippen molar-refractivity contribution < 1.29 is 8.42 Å². The summed E-state index contributed by atoms with van der Waals surface area (Å²) in [4.78, 5) is 7.05. The van der Waals surface area contributed by atoms with Crippen LogP contribution in [0.25, 0.3) is 4.91 Å². The monoisotopic (exact) mass is 369 g/mol. The van der Waals surface area contributed by atoms with Crippen molar-refractivity contribution in [3.05, 3.63) is 40.4 Å². The Morgan fingerprint density at radius 2 is 1.79 bits per heavy atom. The average molecular weight is 370 g/mol. The zero-order valence-corrected chi connectivity index (χ0v) is 15.9. The lowest BCUT2D eigenvalue weighted by molar-refractivity contribution is 0.302. The minimum absolute atomic E-state index is 0.279. The molecule has 0 spiro atoms. The van der Waals surface area contributed by atoms with Crippen molar-refractivity contribution in [2.45, 2.75) is 27.2 Å². The van der Waals surface area contributed by atoms with Crippen LogP contribution in [-0.2, 0) is 10.0 Å². The zero-order valence-electron chi connectivity index (χ0n) is 14.3. The van der Waals surface area contributed by atoms with Crippen LogP contribution in [0.15, 0.2) is 34.8 Å². The van der Waals surface area contributed by atoms with Crippen molar-refractivity contribution in [3.8, 4) is 0 Å². The number of halogens is 1. The highest BCUT2D eigenvalue weighted by Crippen LogP contribution is 2.30. The fraction of sp³-hybridized carbons (Fsp3) is 0.471. The van der Waals surface area contributed by atoms with E-state index in [9.17, 15) is 8.42 Å². The topological polar surface area (TPSA) is 61.8 Å². The molecule has 1 heterocycles. The molecule has 0 atom stereocenters. The number of sulfonamides is 1. The molecule has 1 N–H and O–H groups in total. The fourth-order valence-electron chi connectivity index (χ4n) is 2.71. The van der Waals surface area contributed by atoms with Gasteiger partial charge >= 0.3 is 0 Å². The summed E-state index contributed by atoms with van der Waals surface area (Å²) in [6.45, 7) is 9.63. The van der Waals surface area contributed by atoms with Gasteiger partial charge in [-0.15, -0.1) is 0 Å². The molecule has 1 aliphatic rings. The first-order chi connectivity index (χ1) is 11.4. The van der Waals surface area contributed by atoms with Gasteiger partial charge < -0.3 is 4.90 Å². The first-order valence-electron chi connectivity index (χ1n) is 8.15. The minimum Gasteiger partial charge on any atom is -0.304 e. The van der Waals surface area contributed by atoms with Gasteiger partial charge in [-0.2, -0.15) is 0 Å². The van der Waals surface area contributed by atoms with Gasteiger partial charge in [-0.1, -0.05) is 37.6 Å². The molecule has 0 aliphatic carbocycles. The van der Waals surface area contributed by atoms with Crippen molar-refractivity contribution in [2.75, 3.05) is 26.2 Å². The molecule has 0 saturated carbocycles. The molecular formula is C17H24ClN3O2S. The fourth-order valence-corrected chi connectivity index (χ4v) is 4.36. The molecule has 0 radical (unpaired) electrons. The van der Waals surface area contributed by atoms with Crippen molar-refractivity contribution >= 4 is 32.4 Å². The molecule has 132 valence electrons. The lowest BCUT2D eigenvalue weighted by Crippen LogP contribution is -2.26. The second-order valence-electron chi connectivity index (χ2n) is 5.68. The van der Waals surface area contributed by atoms with Gasteiger partial charge in [-0.25, -0.2) is 8.42 Å². The highest BCUT2D eigenvalue weighted by atomic mass is 35.5. The number of nitrogens with one attached hydrogen (secondary N) is 1. The van der Waals surface area contributed by atoms with E-state index in [2.05, 4.69) is 28.5 Å². The number of nitrogens with zero attached hydrogens (tertiary/aromatic N) is 2. The van der Waals surface area contributed by atoms with E-state index in [0.29, 0.717) is 28.5 Å². The number of amidine groups is 1. The summed E-state index contributed by atoms with van der Waals surface area (Å²) >= 11 is 5.88. The molecule has 0 bridgehead atoms. The lowest BCUT2D eigenvalue weighted by atomic mass is 10.1. The van der Waals surface area contributed by atoms with Crippen molar-refractivity contribution in [1.82, 2.24) is 9.62 Å². The van der Waals surface area contributed by atoms with E-state index in [1.165, 1.54) is 0 Å². The Bertz CT molecular complexity index is 736. The van der Waals surface area contributed by atoms with Crippen LogP contribution in [0.1, 0.15) is 32.8 Å². The molecule has 5 nitrogen and oxygen atoms in total. The zero-order chi connectivity index (χ0) is 17.7. The van der Waals surface area contributed by atoms with E-state index in [1.54, 1.807) is 31.2 Å². The maximum absolute atomic E-state index is 12.4. The summed E-state index contributed by atoms with van der Waals surface area (Å²) in [6, 6.07) is 6.80. The third-order valence-electron chi connectivity index (χ3n) is 4.10. The quantitative estimate of drug-likeness (QED) is 0.751. The van der Waals surface area contributed by atoms with E-state index >= 15 is 0 Å². The Morgan fingerprint density at radius 1 is 1.17 bits per heavy atom. The number of benzene rings is 1. The molecule has 0 aromatic heterocycles. The summed E-state index contributed by atoms with van der Waals surface area (Å²) in [5, 5.41) is 0.575. The molecule has 2 rings (SSSR count). The SMILES string of the molecule is CCN(CC)CCCN=C1NS(=O)(=O)C(c2ccc(Cl)cc2)=C1C. The molecule has 0 unspecified atom stereocenters. The molecular weight excluding hydrogens is 346 g/mol. The maximum atomic E-state index is 12.4. The minimum atomic E-state index is -3.57. The molecule has 0 saturated heterocycles. The molecule has 7 heteroatoms. The van der Waals surface area contributed by atoms with Gasteiger partial charge in [-0.3, -0.25) is 9.71 Å². The molecule has 24 heavy (non-hydrogen) atoms. The van der Waals surface area contributed by atoms with Gasteiger partial charge in [0.25, 0.3) is 10.0 Å². The van der Waals surface area contributed by atoms with E-state index in [0.717, 1.165) is 26.1 Å². The Hall–Kier alpha value is -1.37. The van der Waals surface area contributed by atoms with Crippen molar-refractivity contribution in [2.24, 2.45) is 4.99 Å². The van der Waals surface area contributed by atoms with Gasteiger partial charge in [-0.05, 0) is 50.7 Å². The van der Waals surface area contributed by atoms with E-state index in [4.69, 9.17) is 11.6 Å². The first kappa shape index (κ1) is 19.0. The van der Waals surface area contributed by atoms with Crippen molar-refractivity contribution in [1.29, 1.82) is 0 Å². The second kappa shape index (κ2) is 8.14. The Morgan fingerprint density at radius 3 is 2.38 bits per heavy atom. The predicted molar refractivity (Wildman–Crippen MR) is 101 cm³/mol. The first-order valence-corrected chi connectivity index (χ1v) is 10.0. The molecule has 0 fully saturated rings. The van der Waals surface area contributed by atoms with Gasteiger partial charge in [0.05, 0.1) is 0 Å². The van der Waals surface area contributed by atoms with Crippen LogP contribution in [0.3, 0.4) is 0 Å². The third kappa shape index (κ3) is 4.37. The van der Waals surface area contributed by atoms with Gasteiger partial charge in [0.15, 0.2) is 0 Å². The molecule has 0 amide bonds. The number of aliphatic imine (C=N–C) groups is 1. The molecule has 1 aliphatic heterocycles. The summed E-state index contributed by atoms with van der Waals surface area (Å²) in [5.41, 5.74) is 1.28. The number of hydrogen-bond acceptors (Lipinski definition) is 4. The van der Waals surface area contributed by atoms with Crippen LogP contribution in [0, 0.1) is 0 Å². The lowest BCUT2D eigenvalue weighted by Gasteiger charge is -2.16. The largest absolute Gasteiger partial charge is 0.304 e. The number of hydrogen-bond donors (Lipinski definition) is 1. The van der Waals surface area contributed by atoms with Crippen LogP contribution in [0.4, 0.5) is 0 Å². The Kier molecular flexibility index (Phi) is 6.43. The Labute approximate surface area is 149 Å². The van der Waals surface area contributed by atoms with Crippen LogP contribution in [-0.4, -0.2) is 45.3 Å². The summed E-state index contributed by atoms with van der Waals surface area (Å²) in [5.74, 6) is 0.444. The Balaban J connectivity index is 2.16. The van der Waals surface area contributed by atoms with Gasteiger partial charge in [0, 0.05) is 17.1 Å². The predicted octanol–water partition coefficient (Wildman–Crippen LogP) is 3.13. The van der Waals surface area contributed by atoms with Crippen molar-refractivity contribution in [3.63, 3.8) is 0 Å². The van der Waals surface area contributed by atoms with Crippen LogP contribution >= 0.6 is 11.6 Å². The van der Waals surface area contributed by atoms with Crippen LogP contribution in [0.2, 0.25) is 5.02 Å². The van der Waals surface area contributed by atoms with Crippen LogP contribution in [0.5, 0.6) is 0 Å². The third-order valence-corrected chi connectivity index (χ3v) is 5.89. The summed E-state index contributed by atoms with van der Waals surface area (Å²) < 4.78 is 27.4. The van der Waals surface area contributed by atoms with Crippen LogP contribution < -0.4 is 4.72 Å². The standard InChI is InChI=1S/C17H24ClN3O2S/c1-4-21(5-2)12-6-11-19-17-13(3)16(24(22,23)20-17)14-7-9-15(18)10-8-14/h7-10H,4-6,11-12H2,1-3H3,(H,19,20). The maximum Gasteiger partial charge on any atom is 0.264 e. The normalized spacial score (nSPS) is 18.5. The highest BCUT2D eigenvalue weighted by molar-refractivity contribution is 8.00. The van der Waals surface area contributed by atoms with E-state index in [-0.39, 0.29) is 4.91 Å². The highest BCUT2D eigenvalue weighted by Gasteiger charge is 2.32. The molecule has 1 aromatic rings. The van der Waals surface area contributed by atoms with E-state index < -0.39 is 10.0 Å². The summed E-state index contributed by atoms with van der Waals surface area (Å²) in [7, 11) is -3.57. The summed E-state index contributed by atoms with van der Waals surface area (Å²) in [6.07, 6.45) is 0.899. The number of rotatable bonds is 7. The average Bonchev–Trinajstić information content (AvgIpc) is 2.78.